The van der Waals surface area contributed by atoms with E-state index in [-0.39, 0.29) is 73.1 Å². The number of hydrogen-bond acceptors (Lipinski definition) is 24. The summed E-state index contributed by atoms with van der Waals surface area (Å²) in [6.07, 6.45) is 16.6. The minimum absolute atomic E-state index is 0.0281. The number of piperidine rings is 6. The minimum atomic E-state index is -0.969. The predicted octanol–water partition coefficient (Wildman–Crippen LogP) is 14.2. The molecule has 24 nitrogen and oxygen atoms in total. The number of methoxy groups -OCH3 is 2. The highest BCUT2D eigenvalue weighted by Crippen LogP contribution is 2.55. The second-order valence-electron chi connectivity index (χ2n) is 35.4. The van der Waals surface area contributed by atoms with Crippen LogP contribution in [0.3, 0.4) is 0 Å². The first-order valence-electron chi connectivity index (χ1n) is 43.5. The number of rotatable bonds is 26. The molecule has 0 spiro atoms. The van der Waals surface area contributed by atoms with Gasteiger partial charge in [0.2, 0.25) is 23.5 Å². The Hall–Kier alpha value is -10.5. The van der Waals surface area contributed by atoms with Crippen molar-refractivity contribution in [3.05, 3.63) is 229 Å². The summed E-state index contributed by atoms with van der Waals surface area (Å²) in [5.41, 5.74) is 5.45. The summed E-state index contributed by atoms with van der Waals surface area (Å²) in [6.45, 7) is 20.7. The maximum absolute atomic E-state index is 11.7. The van der Waals surface area contributed by atoms with E-state index in [1.54, 1.807) is 32.6 Å². The molecule has 4 bridgehead atoms. The van der Waals surface area contributed by atoms with E-state index in [9.17, 15) is 30.6 Å². The van der Waals surface area contributed by atoms with Gasteiger partial charge in [0.05, 0.1) is 106 Å². The van der Waals surface area contributed by atoms with E-state index in [2.05, 4.69) is 75.4 Å². The smallest absolute Gasteiger partial charge is 0.242 e. The van der Waals surface area contributed by atoms with Gasteiger partial charge in [0, 0.05) is 118 Å². The van der Waals surface area contributed by atoms with Gasteiger partial charge in [-0.3, -0.25) is 39.5 Å². The Bertz CT molecular complexity index is 5970. The molecule has 12 aromatic rings. The molecule has 10 unspecified atom stereocenters. The molecule has 6 N–H and O–H groups in total. The molecule has 6 aromatic heterocycles. The Labute approximate surface area is 709 Å². The Kier molecular flexibility index (Phi) is 21.7. The average molecular weight is 1650 g/mol. The van der Waals surface area contributed by atoms with Gasteiger partial charge in [-0.25, -0.2) is 0 Å². The van der Waals surface area contributed by atoms with Gasteiger partial charge in [-0.15, -0.1) is 33.6 Å². The first kappa shape index (κ1) is 81.2. The summed E-state index contributed by atoms with van der Waals surface area (Å²) in [5.74, 6) is 3.49. The molecule has 2 aliphatic carbocycles. The quantitative estimate of drug-likeness (QED) is 0.0275. The zero-order valence-corrected chi connectivity index (χ0v) is 70.0. The fraction of sp³-hybridized carbons (Fsp3) is 0.429. The van der Waals surface area contributed by atoms with Crippen molar-refractivity contribution in [1.29, 1.82) is 0 Å². The molecule has 10 fully saturated rings. The van der Waals surface area contributed by atoms with Crippen LogP contribution in [0.25, 0.3) is 65.2 Å². The van der Waals surface area contributed by atoms with E-state index in [0.717, 1.165) is 181 Å². The van der Waals surface area contributed by atoms with Gasteiger partial charge in [0.15, 0.2) is 0 Å². The van der Waals surface area contributed by atoms with Crippen LogP contribution in [0.1, 0.15) is 150 Å². The van der Waals surface area contributed by atoms with E-state index >= 15 is 0 Å². The number of aromatic nitrogens is 8. The highest BCUT2D eigenvalue weighted by atomic mass is 16.5. The zero-order chi connectivity index (χ0) is 84.1. The number of benzene rings is 6. The van der Waals surface area contributed by atoms with Crippen molar-refractivity contribution in [3.8, 4) is 35.0 Å². The molecule has 8 aliphatic heterocycles. The van der Waals surface area contributed by atoms with Gasteiger partial charge in [0.1, 0.15) is 35.9 Å². The maximum Gasteiger partial charge on any atom is 0.242 e. The highest BCUT2D eigenvalue weighted by molar-refractivity contribution is 5.93. The van der Waals surface area contributed by atoms with Crippen molar-refractivity contribution in [3.63, 3.8) is 0 Å². The Morgan fingerprint density at radius 1 is 0.434 bits per heavy atom. The topological polar surface area (TPSA) is 293 Å². The van der Waals surface area contributed by atoms with Crippen molar-refractivity contribution in [2.45, 2.75) is 188 Å². The Balaban J connectivity index is 0.000000161. The van der Waals surface area contributed by atoms with Crippen molar-refractivity contribution in [1.82, 2.24) is 59.9 Å². The molecule has 0 amide bonds. The normalized spacial score (nSPS) is 28.6. The summed E-state index contributed by atoms with van der Waals surface area (Å²) in [4.78, 5) is 28.4. The van der Waals surface area contributed by atoms with Gasteiger partial charge in [0.25, 0.3) is 0 Å². The molecule has 122 heavy (non-hydrogen) atoms. The van der Waals surface area contributed by atoms with Crippen molar-refractivity contribution in [2.75, 3.05) is 53.5 Å². The monoisotopic (exact) mass is 1640 g/mol. The van der Waals surface area contributed by atoms with Gasteiger partial charge in [-0.05, 0) is 236 Å². The first-order chi connectivity index (χ1) is 59.3. The Morgan fingerprint density at radius 2 is 0.836 bits per heavy atom. The lowest BCUT2D eigenvalue weighted by molar-refractivity contribution is -0.150. The van der Waals surface area contributed by atoms with Crippen molar-refractivity contribution in [2.24, 2.45) is 23.7 Å². The third kappa shape index (κ3) is 14.2. The molecule has 632 valence electrons. The first-order valence-corrected chi connectivity index (χ1v) is 43.5. The lowest BCUT2D eigenvalue weighted by Gasteiger charge is -2.55. The number of pyridine rings is 4. The van der Waals surface area contributed by atoms with Crippen LogP contribution in [0.4, 0.5) is 0 Å². The molecule has 20 atom stereocenters. The fourth-order valence-corrected chi connectivity index (χ4v) is 22.4. The van der Waals surface area contributed by atoms with Crippen LogP contribution in [-0.4, -0.2) is 203 Å². The molecule has 0 radical (unpaired) electrons. The van der Waals surface area contributed by atoms with E-state index in [1.807, 2.05) is 164 Å². The van der Waals surface area contributed by atoms with E-state index in [0.29, 0.717) is 55.9 Å². The van der Waals surface area contributed by atoms with Crippen LogP contribution in [-0.2, 0) is 13.2 Å². The molecule has 22 rings (SSSR count). The van der Waals surface area contributed by atoms with Crippen molar-refractivity contribution < 1.29 is 59.1 Å². The molecular weight excluding hydrogens is 1540 g/mol. The molecule has 14 heterocycles. The number of ether oxygens (including phenoxy) is 6. The van der Waals surface area contributed by atoms with Crippen LogP contribution in [0, 0.1) is 23.7 Å². The minimum Gasteiger partial charge on any atom is -0.497 e. The highest BCUT2D eigenvalue weighted by Gasteiger charge is 2.60. The van der Waals surface area contributed by atoms with E-state index in [1.165, 1.54) is 0 Å². The van der Waals surface area contributed by atoms with E-state index < -0.39 is 46.8 Å². The lowest BCUT2D eigenvalue weighted by atomic mass is 9.64. The summed E-state index contributed by atoms with van der Waals surface area (Å²) in [5, 5.41) is 92.1. The number of aliphatic hydroxyl groups is 6. The third-order valence-electron chi connectivity index (χ3n) is 29.5. The van der Waals surface area contributed by atoms with Crippen molar-refractivity contribution >= 4 is 65.2 Å². The SMILES string of the molecule is C=CC1(O)CN2CCC1C[C@@H]2[C@@H](Oc1nnc(O[C@H](c2ccnc3ccc(CO)cc23)[C@@H](C)N2CC[C@@H]3C2CC3(O)C=C)c2ccccc12)c1ccnc2ccc(OC)cc12.CCC1(O)CN2CCC1C[C@@H]2[C@@H](Oc1nnc(O[C@H](c2ccnc3ccc(CO)cc23)[C@@H](C)N2CC[C@@H]3C2CC3(O)CC)c2ccccc12)c1ccnc2ccc(OC)cc12. The summed E-state index contributed by atoms with van der Waals surface area (Å²) >= 11 is 0. The van der Waals surface area contributed by atoms with Crippen LogP contribution in [0.5, 0.6) is 35.0 Å². The summed E-state index contributed by atoms with van der Waals surface area (Å²) in [6, 6.07) is 47.5. The predicted molar refractivity (Wildman–Crippen MR) is 467 cm³/mol. The van der Waals surface area contributed by atoms with Crippen LogP contribution in [0.15, 0.2) is 196 Å². The summed E-state index contributed by atoms with van der Waals surface area (Å²) < 4.78 is 40.1. The van der Waals surface area contributed by atoms with Crippen LogP contribution >= 0.6 is 0 Å². The number of likely N-dealkylation sites (tertiary alicyclic amines) is 2. The van der Waals surface area contributed by atoms with Gasteiger partial charge >= 0.3 is 0 Å². The lowest BCUT2D eigenvalue weighted by Crippen LogP contribution is -2.64. The third-order valence-corrected chi connectivity index (χ3v) is 29.5. The second kappa shape index (κ2) is 32.6. The number of nitrogens with zero attached hydrogens (tertiary/aromatic N) is 12. The van der Waals surface area contributed by atoms with Crippen LogP contribution < -0.4 is 28.4 Å². The van der Waals surface area contributed by atoms with Gasteiger partial charge < -0.3 is 59.1 Å². The molecule has 2 saturated carbocycles. The van der Waals surface area contributed by atoms with E-state index in [4.69, 9.17) is 53.8 Å². The zero-order valence-electron chi connectivity index (χ0n) is 70.0. The standard InChI is InChI=1S/C49H56N6O6.C49H52N6O6/c2*1-5-48(57)26-43-39(48)18-22-55(43)29(3)44(33-15-19-50-40-13-11-30(27-56)23-37(33)40)60-46-35-9-7-8-10-36(35)47(53-52-46)61-45(42-24-31-17-21-54(42)28-49(31,58)6-2)34-16-20-51-41-14-12-32(59-4)25-38(34)41/h7-16,19-20,23,25,29,31,39,42-45,56-58H,5-6,17-18,21-22,24,26-28H2,1-4H3;5-16,19-20,23,25,29,31,39,42-45,56-58H,1-2,17-18,21-22,24,26-28H2,3-4H3/t2*29-,31?,39-,42-,43?,44+,45+,48?,49?/m11/s1. The molecule has 6 aromatic carbocycles. The number of aliphatic hydroxyl groups excluding tert-OH is 2. The Morgan fingerprint density at radius 3 is 1.25 bits per heavy atom. The molecule has 24 heteroatoms. The largest absolute Gasteiger partial charge is 0.497 e. The maximum atomic E-state index is 11.7. The molecule has 8 saturated heterocycles. The van der Waals surface area contributed by atoms with Gasteiger partial charge in [-0.2, -0.15) is 0 Å². The molecule has 10 aliphatic rings. The number of hydrogen-bond donors (Lipinski definition) is 6. The van der Waals surface area contributed by atoms with Crippen LogP contribution in [0.2, 0.25) is 0 Å². The second-order valence-corrected chi connectivity index (χ2v) is 35.4. The van der Waals surface area contributed by atoms with Gasteiger partial charge in [-0.1, -0.05) is 62.4 Å². The average Bonchev–Trinajstić information content (AvgIpc) is 1.69. The fourth-order valence-electron chi connectivity index (χ4n) is 22.4. The summed E-state index contributed by atoms with van der Waals surface area (Å²) in [7, 11) is 3.33. The number of fused-ring (bicyclic) bond motifs is 14. The molecular formula is C98H108N12O12.